The summed E-state index contributed by atoms with van der Waals surface area (Å²) in [4.78, 5) is 12.5. The van der Waals surface area contributed by atoms with E-state index in [9.17, 15) is 4.79 Å². The molecule has 2 heterocycles. The van der Waals surface area contributed by atoms with Gasteiger partial charge in [-0.15, -0.1) is 10.2 Å². The second-order valence-corrected chi connectivity index (χ2v) is 5.98. The van der Waals surface area contributed by atoms with Crippen molar-refractivity contribution >= 4 is 29.0 Å². The average Bonchev–Trinajstić information content (AvgIpc) is 2.89. The predicted molar refractivity (Wildman–Crippen MR) is 84.6 cm³/mol. The lowest BCUT2D eigenvalue weighted by atomic mass is 10.3. The van der Waals surface area contributed by atoms with E-state index in [0.717, 1.165) is 17.3 Å². The van der Waals surface area contributed by atoms with Gasteiger partial charge in [0, 0.05) is 23.2 Å². The highest BCUT2D eigenvalue weighted by atomic mass is 35.5. The lowest BCUT2D eigenvalue weighted by Crippen LogP contribution is -2.20. The number of hydrogen-bond donors (Lipinski definition) is 0. The number of aromatic nitrogens is 4. The van der Waals surface area contributed by atoms with Crippen LogP contribution in [-0.2, 0) is 0 Å². The van der Waals surface area contributed by atoms with E-state index in [4.69, 9.17) is 11.6 Å². The molecule has 0 spiro atoms. The Labute approximate surface area is 130 Å². The van der Waals surface area contributed by atoms with Gasteiger partial charge in [0.1, 0.15) is 0 Å². The summed E-state index contributed by atoms with van der Waals surface area (Å²) in [5.41, 5.74) is 0.812. The van der Waals surface area contributed by atoms with Gasteiger partial charge in [0.2, 0.25) is 5.65 Å². The van der Waals surface area contributed by atoms with Crippen LogP contribution in [0.25, 0.3) is 11.3 Å². The zero-order valence-corrected chi connectivity index (χ0v) is 12.9. The van der Waals surface area contributed by atoms with E-state index in [1.165, 1.54) is 4.57 Å². The fraction of sp³-hybridized carbons (Fsp3) is 0.214. The van der Waals surface area contributed by atoms with E-state index < -0.39 is 0 Å². The van der Waals surface area contributed by atoms with E-state index >= 15 is 0 Å². The van der Waals surface area contributed by atoms with Crippen LogP contribution in [0.5, 0.6) is 0 Å². The van der Waals surface area contributed by atoms with Crippen LogP contribution in [0.15, 0.2) is 46.6 Å². The number of fused-ring (bicyclic) bond motifs is 1. The first kappa shape index (κ1) is 14.2. The predicted octanol–water partition coefficient (Wildman–Crippen LogP) is 3.04. The molecule has 0 saturated carbocycles. The Hall–Kier alpha value is -1.79. The van der Waals surface area contributed by atoms with Gasteiger partial charge in [0.05, 0.1) is 5.69 Å². The SMILES string of the molecule is CCCSc1nnc2c(=O)n(-c3cccc(Cl)c3)ccn12. The maximum Gasteiger partial charge on any atom is 0.300 e. The normalized spacial score (nSPS) is 11.1. The number of thioether (sulfide) groups is 1. The Morgan fingerprint density at radius 2 is 2.14 bits per heavy atom. The van der Waals surface area contributed by atoms with Crippen LogP contribution in [0.1, 0.15) is 13.3 Å². The van der Waals surface area contributed by atoms with Crippen LogP contribution in [0.3, 0.4) is 0 Å². The van der Waals surface area contributed by atoms with Gasteiger partial charge in [0.25, 0.3) is 0 Å². The summed E-state index contributed by atoms with van der Waals surface area (Å²) in [5, 5.41) is 9.41. The molecule has 0 unspecified atom stereocenters. The highest BCUT2D eigenvalue weighted by molar-refractivity contribution is 7.99. The van der Waals surface area contributed by atoms with Crippen LogP contribution in [0, 0.1) is 0 Å². The van der Waals surface area contributed by atoms with Gasteiger partial charge < -0.3 is 0 Å². The fourth-order valence-electron chi connectivity index (χ4n) is 1.99. The zero-order chi connectivity index (χ0) is 14.8. The summed E-state index contributed by atoms with van der Waals surface area (Å²) in [6, 6.07) is 7.14. The zero-order valence-electron chi connectivity index (χ0n) is 11.4. The molecule has 7 heteroatoms. The Morgan fingerprint density at radius 3 is 2.90 bits per heavy atom. The summed E-state index contributed by atoms with van der Waals surface area (Å²) in [6.07, 6.45) is 4.55. The minimum Gasteiger partial charge on any atom is -0.280 e. The van der Waals surface area contributed by atoms with E-state index in [1.807, 2.05) is 6.07 Å². The molecule has 1 aromatic carbocycles. The Bertz CT molecular complexity index is 842. The molecule has 2 aromatic heterocycles. The Kier molecular flexibility index (Phi) is 3.98. The van der Waals surface area contributed by atoms with Gasteiger partial charge >= 0.3 is 5.56 Å². The van der Waals surface area contributed by atoms with Crippen molar-refractivity contribution in [3.8, 4) is 5.69 Å². The second-order valence-electron chi connectivity index (χ2n) is 4.48. The van der Waals surface area contributed by atoms with Crippen molar-refractivity contribution in [1.82, 2.24) is 19.2 Å². The van der Waals surface area contributed by atoms with Gasteiger partial charge in [-0.05, 0) is 24.6 Å². The molecular formula is C14H13ClN4OS. The summed E-state index contributed by atoms with van der Waals surface area (Å²) in [6.45, 7) is 2.10. The Balaban J connectivity index is 2.11. The van der Waals surface area contributed by atoms with Gasteiger partial charge in [-0.1, -0.05) is 36.4 Å². The Morgan fingerprint density at radius 1 is 1.29 bits per heavy atom. The third kappa shape index (κ3) is 2.69. The van der Waals surface area contributed by atoms with E-state index in [0.29, 0.717) is 16.4 Å². The van der Waals surface area contributed by atoms with Crippen LogP contribution in [0.2, 0.25) is 5.02 Å². The van der Waals surface area contributed by atoms with Crippen molar-refractivity contribution in [2.45, 2.75) is 18.5 Å². The van der Waals surface area contributed by atoms with Crippen LogP contribution in [0.4, 0.5) is 0 Å². The average molecular weight is 321 g/mol. The topological polar surface area (TPSA) is 52.2 Å². The number of nitrogens with zero attached hydrogens (tertiary/aromatic N) is 4. The molecule has 0 atom stereocenters. The van der Waals surface area contributed by atoms with Crippen molar-refractivity contribution in [2.24, 2.45) is 0 Å². The highest BCUT2D eigenvalue weighted by Crippen LogP contribution is 2.17. The second kappa shape index (κ2) is 5.91. The van der Waals surface area contributed by atoms with Crippen molar-refractivity contribution in [3.05, 3.63) is 52.0 Å². The summed E-state index contributed by atoms with van der Waals surface area (Å²) >= 11 is 7.56. The largest absolute Gasteiger partial charge is 0.300 e. The summed E-state index contributed by atoms with van der Waals surface area (Å²) in [7, 11) is 0. The molecule has 0 aliphatic heterocycles. The molecule has 0 N–H and O–H groups in total. The van der Waals surface area contributed by atoms with Crippen LogP contribution in [-0.4, -0.2) is 24.9 Å². The molecule has 0 aliphatic carbocycles. The number of halogens is 1. The van der Waals surface area contributed by atoms with E-state index in [2.05, 4.69) is 17.1 Å². The quantitative estimate of drug-likeness (QED) is 0.693. The van der Waals surface area contributed by atoms with Gasteiger partial charge in [0.15, 0.2) is 5.16 Å². The molecule has 21 heavy (non-hydrogen) atoms. The first-order valence-electron chi connectivity index (χ1n) is 6.56. The molecule has 0 bridgehead atoms. The molecular weight excluding hydrogens is 308 g/mol. The van der Waals surface area contributed by atoms with Gasteiger partial charge in [-0.25, -0.2) is 0 Å². The van der Waals surface area contributed by atoms with Crippen molar-refractivity contribution in [3.63, 3.8) is 0 Å². The van der Waals surface area contributed by atoms with Crippen LogP contribution >= 0.6 is 23.4 Å². The van der Waals surface area contributed by atoms with Crippen molar-refractivity contribution in [1.29, 1.82) is 0 Å². The third-order valence-electron chi connectivity index (χ3n) is 2.96. The molecule has 0 aliphatic rings. The maximum atomic E-state index is 12.5. The minimum absolute atomic E-state index is 0.212. The lowest BCUT2D eigenvalue weighted by molar-refractivity contribution is 0.891. The van der Waals surface area contributed by atoms with E-state index in [-0.39, 0.29) is 5.56 Å². The van der Waals surface area contributed by atoms with Gasteiger partial charge in [-0.3, -0.25) is 13.8 Å². The lowest BCUT2D eigenvalue weighted by Gasteiger charge is -2.06. The monoisotopic (exact) mass is 320 g/mol. The number of hydrogen-bond acceptors (Lipinski definition) is 4. The molecule has 3 aromatic rings. The molecule has 0 amide bonds. The fourth-order valence-corrected chi connectivity index (χ4v) is 2.94. The molecule has 0 fully saturated rings. The standard InChI is InChI=1S/C14H13ClN4OS/c1-2-8-21-14-17-16-12-13(20)18(6-7-19(12)14)11-5-3-4-10(15)9-11/h3-7,9H,2,8H2,1H3. The van der Waals surface area contributed by atoms with Crippen molar-refractivity contribution in [2.75, 3.05) is 5.75 Å². The molecule has 0 radical (unpaired) electrons. The first-order chi connectivity index (χ1) is 10.2. The van der Waals surface area contributed by atoms with Crippen molar-refractivity contribution < 1.29 is 0 Å². The molecule has 3 rings (SSSR count). The minimum atomic E-state index is -0.212. The van der Waals surface area contributed by atoms with E-state index in [1.54, 1.807) is 46.8 Å². The highest BCUT2D eigenvalue weighted by Gasteiger charge is 2.11. The summed E-state index contributed by atoms with van der Waals surface area (Å²) < 4.78 is 3.24. The third-order valence-corrected chi connectivity index (χ3v) is 4.35. The number of benzene rings is 1. The first-order valence-corrected chi connectivity index (χ1v) is 7.92. The van der Waals surface area contributed by atoms with Gasteiger partial charge in [-0.2, -0.15) is 0 Å². The molecule has 5 nitrogen and oxygen atoms in total. The summed E-state index contributed by atoms with van der Waals surface area (Å²) in [5.74, 6) is 0.943. The molecule has 108 valence electrons. The number of rotatable bonds is 4. The smallest absolute Gasteiger partial charge is 0.280 e. The van der Waals surface area contributed by atoms with Crippen LogP contribution < -0.4 is 5.56 Å². The maximum absolute atomic E-state index is 12.5. The molecule has 0 saturated heterocycles.